The van der Waals surface area contributed by atoms with Crippen molar-refractivity contribution in [3.63, 3.8) is 0 Å². The van der Waals surface area contributed by atoms with Crippen molar-refractivity contribution in [1.29, 1.82) is 0 Å². The molecule has 7 nitrogen and oxygen atoms in total. The van der Waals surface area contributed by atoms with Gasteiger partial charge in [0.15, 0.2) is 18.1 Å². The molecule has 0 spiro atoms. The molecule has 2 aliphatic rings. The Labute approximate surface area is 171 Å². The third kappa shape index (κ3) is 4.62. The molecule has 0 unspecified atom stereocenters. The predicted octanol–water partition coefficient (Wildman–Crippen LogP) is 2.33. The van der Waals surface area contributed by atoms with Crippen molar-refractivity contribution >= 4 is 11.7 Å². The lowest BCUT2D eigenvalue weighted by molar-refractivity contribution is -0.123. The number of hydrogen-bond donors (Lipinski definition) is 1. The summed E-state index contributed by atoms with van der Waals surface area (Å²) in [5.41, 5.74) is 1.84. The van der Waals surface area contributed by atoms with Gasteiger partial charge in [0, 0.05) is 43.4 Å². The smallest absolute Gasteiger partial charge is 0.258 e. The summed E-state index contributed by atoms with van der Waals surface area (Å²) in [4.78, 5) is 19.1. The summed E-state index contributed by atoms with van der Waals surface area (Å²) in [6, 6.07) is 9.67. The van der Waals surface area contributed by atoms with E-state index >= 15 is 0 Å². The average Bonchev–Trinajstić information content (AvgIpc) is 3.06. The molecule has 0 radical (unpaired) electrons. The van der Waals surface area contributed by atoms with Gasteiger partial charge in [-0.25, -0.2) is 4.98 Å². The number of morpholine rings is 1. The van der Waals surface area contributed by atoms with E-state index in [4.69, 9.17) is 14.2 Å². The molecule has 0 bridgehead atoms. The third-order valence-electron chi connectivity index (χ3n) is 5.07. The zero-order valence-corrected chi connectivity index (χ0v) is 16.9. The highest BCUT2D eigenvalue weighted by atomic mass is 16.5. The van der Waals surface area contributed by atoms with E-state index in [2.05, 4.69) is 15.2 Å². The number of pyridine rings is 1. The summed E-state index contributed by atoms with van der Waals surface area (Å²) in [7, 11) is 0. The maximum absolute atomic E-state index is 12.4. The van der Waals surface area contributed by atoms with Gasteiger partial charge in [-0.3, -0.25) is 4.79 Å². The second-order valence-corrected chi connectivity index (χ2v) is 7.93. The number of carbonyl (C=O) groups excluding carboxylic acids is 1. The maximum Gasteiger partial charge on any atom is 0.258 e. The molecule has 2 aliphatic heterocycles. The minimum Gasteiger partial charge on any atom is -0.483 e. The first kappa shape index (κ1) is 19.5. The lowest BCUT2D eigenvalue weighted by Crippen LogP contribution is -2.38. The number of anilines is 1. The topological polar surface area (TPSA) is 72.9 Å². The molecule has 1 aromatic heterocycles. The molecule has 3 heterocycles. The molecule has 1 fully saturated rings. The van der Waals surface area contributed by atoms with E-state index in [0.717, 1.165) is 42.2 Å². The zero-order valence-electron chi connectivity index (χ0n) is 16.9. The highest BCUT2D eigenvalue weighted by Crippen LogP contribution is 2.41. The number of hydrogen-bond acceptors (Lipinski definition) is 6. The fourth-order valence-corrected chi connectivity index (χ4v) is 3.72. The van der Waals surface area contributed by atoms with Gasteiger partial charge in [-0.05, 0) is 26.0 Å². The Bertz CT molecular complexity index is 878. The first-order valence-electron chi connectivity index (χ1n) is 9.99. The van der Waals surface area contributed by atoms with Crippen LogP contribution in [0.25, 0.3) is 0 Å². The molecule has 0 saturated carbocycles. The van der Waals surface area contributed by atoms with E-state index in [1.54, 1.807) is 6.20 Å². The maximum atomic E-state index is 12.4. The Kier molecular flexibility index (Phi) is 5.58. The van der Waals surface area contributed by atoms with Gasteiger partial charge in [-0.1, -0.05) is 18.2 Å². The molecule has 1 N–H and O–H groups in total. The van der Waals surface area contributed by atoms with Crippen LogP contribution in [0.15, 0.2) is 36.5 Å². The number of amides is 1. The Morgan fingerprint density at radius 2 is 2.07 bits per heavy atom. The van der Waals surface area contributed by atoms with Crippen LogP contribution in [0.4, 0.5) is 5.82 Å². The third-order valence-corrected chi connectivity index (χ3v) is 5.07. The van der Waals surface area contributed by atoms with E-state index in [0.29, 0.717) is 25.5 Å². The first-order chi connectivity index (χ1) is 14.0. The van der Waals surface area contributed by atoms with Crippen LogP contribution >= 0.6 is 0 Å². The molecule has 2 aromatic rings. The Balaban J connectivity index is 1.34. The number of carbonyl (C=O) groups is 1. The SMILES string of the molecule is CC1(C)Cc2cccc(OCC(=O)NCc3cccnc3N3CCOCC3)c2O1. The van der Waals surface area contributed by atoms with Crippen LogP contribution in [0.5, 0.6) is 11.5 Å². The minimum atomic E-state index is -0.250. The number of aromatic nitrogens is 1. The molecule has 29 heavy (non-hydrogen) atoms. The predicted molar refractivity (Wildman–Crippen MR) is 109 cm³/mol. The Hall–Kier alpha value is -2.80. The van der Waals surface area contributed by atoms with Gasteiger partial charge in [0.05, 0.1) is 13.2 Å². The number of rotatable bonds is 6. The zero-order chi connectivity index (χ0) is 20.3. The first-order valence-corrected chi connectivity index (χ1v) is 9.99. The summed E-state index contributed by atoms with van der Waals surface area (Å²) in [6.45, 7) is 7.42. The molecule has 7 heteroatoms. The monoisotopic (exact) mass is 397 g/mol. The standard InChI is InChI=1S/C22H27N3O4/c1-22(2)13-16-5-3-7-18(20(16)29-22)28-15-19(26)24-14-17-6-4-8-23-21(17)25-9-11-27-12-10-25/h3-8H,9-15H2,1-2H3,(H,24,26). The van der Waals surface area contributed by atoms with Crippen LogP contribution in [0, 0.1) is 0 Å². The van der Waals surface area contributed by atoms with Crippen LogP contribution in [0.1, 0.15) is 25.0 Å². The molecule has 1 amide bonds. The number of para-hydroxylation sites is 1. The second-order valence-electron chi connectivity index (χ2n) is 7.93. The molecule has 0 atom stereocenters. The largest absolute Gasteiger partial charge is 0.483 e. The second kappa shape index (κ2) is 8.29. The molecule has 154 valence electrons. The van der Waals surface area contributed by atoms with E-state index in [-0.39, 0.29) is 18.1 Å². The highest BCUT2D eigenvalue weighted by molar-refractivity contribution is 5.77. The highest BCUT2D eigenvalue weighted by Gasteiger charge is 2.32. The molecule has 4 rings (SSSR count). The van der Waals surface area contributed by atoms with Crippen molar-refractivity contribution in [2.45, 2.75) is 32.4 Å². The van der Waals surface area contributed by atoms with E-state index in [9.17, 15) is 4.79 Å². The van der Waals surface area contributed by atoms with Gasteiger partial charge in [0.2, 0.25) is 0 Å². The van der Waals surface area contributed by atoms with Gasteiger partial charge >= 0.3 is 0 Å². The summed E-state index contributed by atoms with van der Waals surface area (Å²) in [5, 5.41) is 2.93. The van der Waals surface area contributed by atoms with Crippen LogP contribution in [0.2, 0.25) is 0 Å². The number of ether oxygens (including phenoxy) is 3. The van der Waals surface area contributed by atoms with Crippen molar-refractivity contribution in [3.8, 4) is 11.5 Å². The molecule has 1 saturated heterocycles. The van der Waals surface area contributed by atoms with Crippen molar-refractivity contribution in [1.82, 2.24) is 10.3 Å². The molecular weight excluding hydrogens is 370 g/mol. The van der Waals surface area contributed by atoms with Crippen LogP contribution in [0.3, 0.4) is 0 Å². The van der Waals surface area contributed by atoms with Gasteiger partial charge in [-0.15, -0.1) is 0 Å². The summed E-state index contributed by atoms with van der Waals surface area (Å²) in [5.74, 6) is 2.07. The summed E-state index contributed by atoms with van der Waals surface area (Å²) in [6.07, 6.45) is 2.60. The normalized spacial score (nSPS) is 17.4. The molecule has 1 aromatic carbocycles. The quantitative estimate of drug-likeness (QED) is 0.807. The van der Waals surface area contributed by atoms with Crippen molar-refractivity contribution < 1.29 is 19.0 Å². The van der Waals surface area contributed by atoms with Gasteiger partial charge in [0.25, 0.3) is 5.91 Å². The lowest BCUT2D eigenvalue weighted by Gasteiger charge is -2.29. The van der Waals surface area contributed by atoms with Crippen LogP contribution < -0.4 is 19.7 Å². The number of nitrogens with one attached hydrogen (secondary N) is 1. The number of fused-ring (bicyclic) bond motifs is 1. The Morgan fingerprint density at radius 3 is 2.90 bits per heavy atom. The number of nitrogens with zero attached hydrogens (tertiary/aromatic N) is 2. The van der Waals surface area contributed by atoms with Crippen molar-refractivity contribution in [3.05, 3.63) is 47.7 Å². The van der Waals surface area contributed by atoms with Gasteiger partial charge in [-0.2, -0.15) is 0 Å². The van der Waals surface area contributed by atoms with Crippen LogP contribution in [-0.2, 0) is 22.5 Å². The summed E-state index contributed by atoms with van der Waals surface area (Å²) >= 11 is 0. The molecular formula is C22H27N3O4. The fraction of sp³-hybridized carbons (Fsp3) is 0.455. The fourth-order valence-electron chi connectivity index (χ4n) is 3.72. The van der Waals surface area contributed by atoms with Crippen molar-refractivity contribution in [2.75, 3.05) is 37.8 Å². The lowest BCUT2D eigenvalue weighted by atomic mass is 10.0. The van der Waals surface area contributed by atoms with E-state index in [1.165, 1.54) is 0 Å². The van der Waals surface area contributed by atoms with E-state index in [1.807, 2.05) is 44.2 Å². The van der Waals surface area contributed by atoms with E-state index < -0.39 is 0 Å². The minimum absolute atomic E-state index is 0.0621. The van der Waals surface area contributed by atoms with Gasteiger partial charge in [0.1, 0.15) is 11.4 Å². The molecule has 0 aliphatic carbocycles. The summed E-state index contributed by atoms with van der Waals surface area (Å²) < 4.78 is 17.2. The van der Waals surface area contributed by atoms with Gasteiger partial charge < -0.3 is 24.4 Å². The van der Waals surface area contributed by atoms with Crippen LogP contribution in [-0.4, -0.2) is 49.4 Å². The average molecular weight is 397 g/mol. The van der Waals surface area contributed by atoms with Crippen molar-refractivity contribution in [2.24, 2.45) is 0 Å². The Morgan fingerprint density at radius 1 is 1.24 bits per heavy atom. The number of benzene rings is 1.